The highest BCUT2D eigenvalue weighted by atomic mass is 32.1. The summed E-state index contributed by atoms with van der Waals surface area (Å²) in [5.41, 5.74) is 0.473. The van der Waals surface area contributed by atoms with Crippen molar-refractivity contribution in [2.75, 3.05) is 0 Å². The lowest BCUT2D eigenvalue weighted by atomic mass is 10.3. The van der Waals surface area contributed by atoms with Gasteiger partial charge in [0.15, 0.2) is 5.82 Å². The van der Waals surface area contributed by atoms with Gasteiger partial charge in [-0.2, -0.15) is 0 Å². The second-order valence-corrected chi connectivity index (χ2v) is 3.36. The van der Waals surface area contributed by atoms with Gasteiger partial charge in [-0.1, -0.05) is 11.3 Å². The Morgan fingerprint density at radius 1 is 1.36 bits per heavy atom. The quantitative estimate of drug-likeness (QED) is 0.558. The van der Waals surface area contributed by atoms with E-state index in [1.54, 1.807) is 29.9 Å². The van der Waals surface area contributed by atoms with Crippen LogP contribution in [0.4, 0.5) is 5.00 Å². The molecule has 2 rings (SSSR count). The van der Waals surface area contributed by atoms with Gasteiger partial charge in [-0.25, -0.2) is 9.97 Å². The number of aromatic nitrogens is 2. The number of hydrogen-bond donors (Lipinski definition) is 0. The molecular weight excluding hydrogens is 202 g/mol. The fourth-order valence-corrected chi connectivity index (χ4v) is 1.76. The third-order valence-corrected chi connectivity index (χ3v) is 2.48. The summed E-state index contributed by atoms with van der Waals surface area (Å²) in [6.45, 7) is 0. The van der Waals surface area contributed by atoms with Gasteiger partial charge in [0.05, 0.1) is 4.92 Å². The number of nitro groups is 1. The van der Waals surface area contributed by atoms with E-state index >= 15 is 0 Å². The number of hydrogen-bond acceptors (Lipinski definition) is 5. The highest BCUT2D eigenvalue weighted by Crippen LogP contribution is 2.32. The van der Waals surface area contributed by atoms with Crippen molar-refractivity contribution >= 4 is 16.3 Å². The summed E-state index contributed by atoms with van der Waals surface area (Å²) >= 11 is 1.07. The van der Waals surface area contributed by atoms with E-state index in [1.807, 2.05) is 0 Å². The number of nitrogens with zero attached hydrogens (tertiary/aromatic N) is 3. The Kier molecular flexibility index (Phi) is 2.19. The Hall–Kier alpha value is -1.82. The molecule has 0 fully saturated rings. The van der Waals surface area contributed by atoms with Crippen molar-refractivity contribution in [2.45, 2.75) is 0 Å². The van der Waals surface area contributed by atoms with Crippen LogP contribution in [0.3, 0.4) is 0 Å². The predicted molar refractivity (Wildman–Crippen MR) is 52.0 cm³/mol. The molecule has 0 bridgehead atoms. The molecule has 0 unspecified atom stereocenters. The summed E-state index contributed by atoms with van der Waals surface area (Å²) in [5, 5.41) is 12.4. The van der Waals surface area contributed by atoms with Crippen molar-refractivity contribution in [3.8, 4) is 11.4 Å². The summed E-state index contributed by atoms with van der Waals surface area (Å²) in [7, 11) is 0. The van der Waals surface area contributed by atoms with E-state index in [-0.39, 0.29) is 5.00 Å². The highest BCUT2D eigenvalue weighted by Gasteiger charge is 2.18. The number of thiophene rings is 1. The molecule has 2 aromatic heterocycles. The van der Waals surface area contributed by atoms with Crippen LogP contribution in [0.5, 0.6) is 0 Å². The third-order valence-electron chi connectivity index (χ3n) is 1.62. The van der Waals surface area contributed by atoms with Crippen molar-refractivity contribution < 1.29 is 4.92 Å². The molecule has 2 heterocycles. The molecule has 0 aliphatic rings. The second kappa shape index (κ2) is 3.51. The Morgan fingerprint density at radius 3 is 2.71 bits per heavy atom. The zero-order valence-electron chi connectivity index (χ0n) is 6.95. The predicted octanol–water partition coefficient (Wildman–Crippen LogP) is 2.11. The van der Waals surface area contributed by atoms with E-state index in [0.717, 1.165) is 11.3 Å². The average Bonchev–Trinajstić information content (AvgIpc) is 2.67. The van der Waals surface area contributed by atoms with Crippen LogP contribution in [0.15, 0.2) is 29.9 Å². The van der Waals surface area contributed by atoms with Crippen LogP contribution in [0.1, 0.15) is 0 Å². The lowest BCUT2D eigenvalue weighted by molar-refractivity contribution is -0.379. The van der Waals surface area contributed by atoms with Crippen molar-refractivity contribution in [3.05, 3.63) is 40.0 Å². The van der Waals surface area contributed by atoms with E-state index in [0.29, 0.717) is 11.4 Å². The molecule has 0 spiro atoms. The van der Waals surface area contributed by atoms with Gasteiger partial charge in [0.25, 0.3) is 0 Å². The van der Waals surface area contributed by atoms with Gasteiger partial charge in [-0.05, 0) is 17.5 Å². The molecule has 70 valence electrons. The molecule has 0 amide bonds. The molecule has 0 saturated heterocycles. The first-order valence-electron chi connectivity index (χ1n) is 3.78. The molecule has 0 saturated carbocycles. The zero-order valence-corrected chi connectivity index (χ0v) is 7.77. The van der Waals surface area contributed by atoms with Gasteiger partial charge in [-0.3, -0.25) is 10.1 Å². The maximum absolute atomic E-state index is 10.6. The molecule has 0 radical (unpaired) electrons. The summed E-state index contributed by atoms with van der Waals surface area (Å²) in [4.78, 5) is 18.1. The van der Waals surface area contributed by atoms with Crippen LogP contribution in [-0.4, -0.2) is 14.9 Å². The van der Waals surface area contributed by atoms with E-state index < -0.39 is 4.92 Å². The first kappa shape index (κ1) is 8.76. The minimum atomic E-state index is -0.420. The minimum Gasteiger partial charge on any atom is -0.258 e. The van der Waals surface area contributed by atoms with Crippen LogP contribution in [0.25, 0.3) is 11.4 Å². The molecule has 0 atom stereocenters. The second-order valence-electron chi connectivity index (χ2n) is 2.47. The van der Waals surface area contributed by atoms with Crippen LogP contribution < -0.4 is 0 Å². The van der Waals surface area contributed by atoms with Crippen molar-refractivity contribution in [1.82, 2.24) is 9.97 Å². The summed E-state index contributed by atoms with van der Waals surface area (Å²) in [6.07, 6.45) is 3.12. The minimum absolute atomic E-state index is 0.0798. The van der Waals surface area contributed by atoms with Crippen LogP contribution in [0, 0.1) is 10.1 Å². The molecular formula is C8H5N3O2S. The molecule has 2 aromatic rings. The largest absolute Gasteiger partial charge is 0.335 e. The SMILES string of the molecule is O=[N+]([O-])c1sccc1-c1ncccn1. The first-order chi connectivity index (χ1) is 6.79. The zero-order chi connectivity index (χ0) is 9.97. The Morgan fingerprint density at radius 2 is 2.07 bits per heavy atom. The average molecular weight is 207 g/mol. The molecule has 0 aromatic carbocycles. The van der Waals surface area contributed by atoms with Crippen LogP contribution >= 0.6 is 11.3 Å². The van der Waals surface area contributed by atoms with Gasteiger partial charge < -0.3 is 0 Å². The molecule has 0 aliphatic heterocycles. The summed E-state index contributed by atoms with van der Waals surface area (Å²) in [5.74, 6) is 0.389. The maximum Gasteiger partial charge on any atom is 0.335 e. The lowest BCUT2D eigenvalue weighted by Gasteiger charge is -1.93. The molecule has 6 heteroatoms. The van der Waals surface area contributed by atoms with E-state index in [2.05, 4.69) is 9.97 Å². The monoisotopic (exact) mass is 207 g/mol. The van der Waals surface area contributed by atoms with Gasteiger partial charge in [0.2, 0.25) is 0 Å². The Bertz CT molecular complexity index is 455. The van der Waals surface area contributed by atoms with Crippen molar-refractivity contribution in [3.63, 3.8) is 0 Å². The fourth-order valence-electron chi connectivity index (χ4n) is 1.05. The third kappa shape index (κ3) is 1.47. The molecule has 0 N–H and O–H groups in total. The lowest BCUT2D eigenvalue weighted by Crippen LogP contribution is -1.90. The van der Waals surface area contributed by atoms with Crippen molar-refractivity contribution in [2.24, 2.45) is 0 Å². The van der Waals surface area contributed by atoms with Crippen LogP contribution in [0.2, 0.25) is 0 Å². The number of rotatable bonds is 2. The fraction of sp³-hybridized carbons (Fsp3) is 0. The molecule has 14 heavy (non-hydrogen) atoms. The highest BCUT2D eigenvalue weighted by molar-refractivity contribution is 7.13. The van der Waals surface area contributed by atoms with Crippen LogP contribution in [-0.2, 0) is 0 Å². The normalized spacial score (nSPS) is 10.0. The first-order valence-corrected chi connectivity index (χ1v) is 4.66. The Balaban J connectivity index is 2.52. The smallest absolute Gasteiger partial charge is 0.258 e. The topological polar surface area (TPSA) is 68.9 Å². The Labute approximate surface area is 83.2 Å². The van der Waals surface area contributed by atoms with Gasteiger partial charge >= 0.3 is 5.00 Å². The van der Waals surface area contributed by atoms with Gasteiger partial charge in [-0.15, -0.1) is 0 Å². The summed E-state index contributed by atoms with van der Waals surface area (Å²) in [6, 6.07) is 3.32. The summed E-state index contributed by atoms with van der Waals surface area (Å²) < 4.78 is 0. The van der Waals surface area contributed by atoms with Gasteiger partial charge in [0.1, 0.15) is 5.56 Å². The van der Waals surface area contributed by atoms with Crippen molar-refractivity contribution in [1.29, 1.82) is 0 Å². The maximum atomic E-state index is 10.6. The molecule has 5 nitrogen and oxygen atoms in total. The van der Waals surface area contributed by atoms with E-state index in [1.165, 1.54) is 0 Å². The standard InChI is InChI=1S/C8H5N3O2S/c12-11(13)8-6(2-5-14-8)7-9-3-1-4-10-7/h1-5H. The van der Waals surface area contributed by atoms with Gasteiger partial charge in [0, 0.05) is 12.4 Å². The molecule has 0 aliphatic carbocycles. The van der Waals surface area contributed by atoms with E-state index in [4.69, 9.17) is 0 Å². The van der Waals surface area contributed by atoms with E-state index in [9.17, 15) is 10.1 Å².